The molecular weight excluding hydrogens is 194 g/mol. The first kappa shape index (κ1) is 13.7. The molecule has 15 heavy (non-hydrogen) atoms. The predicted octanol–water partition coefficient (Wildman–Crippen LogP) is 1.16. The molecule has 0 aromatic rings. The molecule has 0 unspecified atom stereocenters. The molecule has 0 aromatic carbocycles. The van der Waals surface area contributed by atoms with E-state index in [1.54, 1.807) is 7.05 Å². The van der Waals surface area contributed by atoms with Gasteiger partial charge in [-0.1, -0.05) is 31.3 Å². The number of hydrogen-bond acceptors (Lipinski definition) is 3. The van der Waals surface area contributed by atoms with Gasteiger partial charge in [-0.15, -0.1) is 0 Å². The minimum atomic E-state index is 0.0395. The van der Waals surface area contributed by atoms with E-state index in [0.717, 1.165) is 25.7 Å². The largest absolute Gasteiger partial charge is 0.409 e. The van der Waals surface area contributed by atoms with Crippen molar-refractivity contribution in [3.8, 4) is 0 Å². The number of oxime groups is 1. The first-order valence-corrected chi connectivity index (χ1v) is 5.32. The van der Waals surface area contributed by atoms with Crippen molar-refractivity contribution in [1.82, 2.24) is 4.90 Å². The van der Waals surface area contributed by atoms with Crippen molar-refractivity contribution >= 4 is 11.7 Å². The number of carbonyl (C=O) groups excluding carboxylic acids is 1. The Hall–Kier alpha value is -1.26. The molecule has 0 aliphatic rings. The summed E-state index contributed by atoms with van der Waals surface area (Å²) in [4.78, 5) is 13.0. The highest BCUT2D eigenvalue weighted by molar-refractivity contribution is 5.86. The van der Waals surface area contributed by atoms with E-state index in [4.69, 9.17) is 10.9 Å². The SMILES string of the molecule is CCCCCCC(=O)N(C)CC(N)=NO. The number of amides is 1. The van der Waals surface area contributed by atoms with Crippen molar-refractivity contribution in [2.75, 3.05) is 13.6 Å². The number of nitrogens with zero attached hydrogens (tertiary/aromatic N) is 2. The number of likely N-dealkylation sites (N-methyl/N-ethyl adjacent to an activating group) is 1. The fraction of sp³-hybridized carbons (Fsp3) is 0.800. The molecule has 1 amide bonds. The molecular formula is C10H21N3O2. The summed E-state index contributed by atoms with van der Waals surface area (Å²) in [5.74, 6) is 0.0945. The van der Waals surface area contributed by atoms with E-state index in [9.17, 15) is 4.79 Å². The van der Waals surface area contributed by atoms with Gasteiger partial charge in [-0.3, -0.25) is 4.79 Å². The Morgan fingerprint density at radius 1 is 1.40 bits per heavy atom. The minimum absolute atomic E-state index is 0.0395. The second-order valence-electron chi connectivity index (χ2n) is 3.65. The first-order chi connectivity index (χ1) is 7.11. The summed E-state index contributed by atoms with van der Waals surface area (Å²) in [5.41, 5.74) is 5.29. The van der Waals surface area contributed by atoms with Crippen LogP contribution in [-0.4, -0.2) is 35.4 Å². The van der Waals surface area contributed by atoms with Gasteiger partial charge in [0.05, 0.1) is 6.54 Å². The monoisotopic (exact) mass is 215 g/mol. The Kier molecular flexibility index (Phi) is 7.40. The number of amidine groups is 1. The van der Waals surface area contributed by atoms with Gasteiger partial charge in [0.1, 0.15) is 0 Å². The number of hydrogen-bond donors (Lipinski definition) is 2. The van der Waals surface area contributed by atoms with Crippen LogP contribution >= 0.6 is 0 Å². The van der Waals surface area contributed by atoms with Gasteiger partial charge >= 0.3 is 0 Å². The molecule has 0 radical (unpaired) electrons. The Bertz CT molecular complexity index is 217. The average Bonchev–Trinajstić information content (AvgIpc) is 2.23. The van der Waals surface area contributed by atoms with E-state index in [-0.39, 0.29) is 18.3 Å². The molecule has 0 rings (SSSR count). The Labute approximate surface area is 90.9 Å². The van der Waals surface area contributed by atoms with Crippen LogP contribution in [0, 0.1) is 0 Å². The average molecular weight is 215 g/mol. The lowest BCUT2D eigenvalue weighted by Crippen LogP contribution is -2.35. The van der Waals surface area contributed by atoms with E-state index >= 15 is 0 Å². The van der Waals surface area contributed by atoms with Crippen LogP contribution < -0.4 is 5.73 Å². The van der Waals surface area contributed by atoms with Gasteiger partial charge < -0.3 is 15.8 Å². The molecule has 0 aliphatic heterocycles. The summed E-state index contributed by atoms with van der Waals surface area (Å²) in [6, 6.07) is 0. The zero-order chi connectivity index (χ0) is 11.7. The maximum Gasteiger partial charge on any atom is 0.222 e. The van der Waals surface area contributed by atoms with Crippen LogP contribution in [-0.2, 0) is 4.79 Å². The molecule has 88 valence electrons. The first-order valence-electron chi connectivity index (χ1n) is 5.32. The summed E-state index contributed by atoms with van der Waals surface area (Å²) in [6.45, 7) is 2.31. The lowest BCUT2D eigenvalue weighted by molar-refractivity contribution is -0.129. The highest BCUT2D eigenvalue weighted by Gasteiger charge is 2.09. The molecule has 0 fully saturated rings. The van der Waals surface area contributed by atoms with E-state index < -0.39 is 0 Å². The van der Waals surface area contributed by atoms with Gasteiger partial charge in [0, 0.05) is 13.5 Å². The number of rotatable bonds is 7. The molecule has 5 heteroatoms. The second-order valence-corrected chi connectivity index (χ2v) is 3.65. The summed E-state index contributed by atoms with van der Waals surface area (Å²) in [7, 11) is 1.65. The van der Waals surface area contributed by atoms with E-state index in [1.807, 2.05) is 0 Å². The van der Waals surface area contributed by atoms with Crippen molar-refractivity contribution in [1.29, 1.82) is 0 Å². The summed E-state index contributed by atoms with van der Waals surface area (Å²) >= 11 is 0. The molecule has 0 saturated heterocycles. The van der Waals surface area contributed by atoms with Crippen LogP contribution in [0.15, 0.2) is 5.16 Å². The number of carbonyl (C=O) groups is 1. The van der Waals surface area contributed by atoms with Crippen molar-refractivity contribution in [2.45, 2.75) is 39.0 Å². The third kappa shape index (κ3) is 6.76. The van der Waals surface area contributed by atoms with Crippen LogP contribution in [0.1, 0.15) is 39.0 Å². The molecule has 0 heterocycles. The van der Waals surface area contributed by atoms with Crippen LogP contribution in [0.5, 0.6) is 0 Å². The molecule has 0 aliphatic carbocycles. The van der Waals surface area contributed by atoms with Gasteiger partial charge in [0.25, 0.3) is 0 Å². The molecule has 0 atom stereocenters. The van der Waals surface area contributed by atoms with Crippen molar-refractivity contribution < 1.29 is 10.0 Å². The van der Waals surface area contributed by atoms with Crippen LogP contribution in [0.4, 0.5) is 0 Å². The van der Waals surface area contributed by atoms with Crippen LogP contribution in [0.25, 0.3) is 0 Å². The third-order valence-corrected chi connectivity index (χ3v) is 2.20. The van der Waals surface area contributed by atoms with Crippen molar-refractivity contribution in [3.63, 3.8) is 0 Å². The van der Waals surface area contributed by atoms with Crippen molar-refractivity contribution in [3.05, 3.63) is 0 Å². The topological polar surface area (TPSA) is 78.9 Å². The molecule has 0 bridgehead atoms. The Morgan fingerprint density at radius 2 is 2.07 bits per heavy atom. The van der Waals surface area contributed by atoms with Crippen LogP contribution in [0.3, 0.4) is 0 Å². The lowest BCUT2D eigenvalue weighted by atomic mass is 10.1. The zero-order valence-electron chi connectivity index (χ0n) is 9.57. The zero-order valence-corrected chi connectivity index (χ0v) is 9.57. The summed E-state index contributed by atoms with van der Waals surface area (Å²) in [6.07, 6.45) is 4.85. The fourth-order valence-electron chi connectivity index (χ4n) is 1.26. The maximum absolute atomic E-state index is 11.5. The number of unbranched alkanes of at least 4 members (excludes halogenated alkanes) is 3. The smallest absolute Gasteiger partial charge is 0.222 e. The van der Waals surface area contributed by atoms with Crippen LogP contribution in [0.2, 0.25) is 0 Å². The Morgan fingerprint density at radius 3 is 2.60 bits per heavy atom. The molecule has 0 spiro atoms. The van der Waals surface area contributed by atoms with Gasteiger partial charge in [-0.2, -0.15) is 0 Å². The summed E-state index contributed by atoms with van der Waals surface area (Å²) < 4.78 is 0. The van der Waals surface area contributed by atoms with Gasteiger partial charge in [0.2, 0.25) is 5.91 Å². The standard InChI is InChI=1S/C10H21N3O2/c1-3-4-5-6-7-10(14)13(2)8-9(11)12-15/h15H,3-8H2,1-2H3,(H2,11,12). The third-order valence-electron chi connectivity index (χ3n) is 2.20. The highest BCUT2D eigenvalue weighted by Crippen LogP contribution is 2.04. The Balaban J connectivity index is 3.70. The molecule has 3 N–H and O–H groups in total. The normalized spacial score (nSPS) is 11.5. The quantitative estimate of drug-likeness (QED) is 0.220. The van der Waals surface area contributed by atoms with Gasteiger partial charge in [-0.05, 0) is 6.42 Å². The summed E-state index contributed by atoms with van der Waals surface area (Å²) in [5, 5.41) is 11.2. The highest BCUT2D eigenvalue weighted by atomic mass is 16.4. The second kappa shape index (κ2) is 8.08. The predicted molar refractivity (Wildman–Crippen MR) is 59.8 cm³/mol. The lowest BCUT2D eigenvalue weighted by Gasteiger charge is -2.15. The van der Waals surface area contributed by atoms with Gasteiger partial charge in [-0.25, -0.2) is 0 Å². The molecule has 5 nitrogen and oxygen atoms in total. The maximum atomic E-state index is 11.5. The van der Waals surface area contributed by atoms with E-state index in [2.05, 4.69) is 12.1 Å². The fourth-order valence-corrected chi connectivity index (χ4v) is 1.26. The van der Waals surface area contributed by atoms with E-state index in [1.165, 1.54) is 4.90 Å². The molecule has 0 saturated carbocycles. The van der Waals surface area contributed by atoms with E-state index in [0.29, 0.717) is 6.42 Å². The minimum Gasteiger partial charge on any atom is -0.409 e. The van der Waals surface area contributed by atoms with Gasteiger partial charge in [0.15, 0.2) is 5.84 Å². The van der Waals surface area contributed by atoms with Crippen molar-refractivity contribution in [2.24, 2.45) is 10.9 Å². The number of nitrogens with two attached hydrogens (primary N) is 1. The molecule has 0 aromatic heterocycles.